The van der Waals surface area contributed by atoms with Crippen molar-refractivity contribution < 1.29 is 4.79 Å². The maximum absolute atomic E-state index is 11.8. The van der Waals surface area contributed by atoms with Crippen LogP contribution >= 0.6 is 0 Å². The molecule has 0 heterocycles. The van der Waals surface area contributed by atoms with Gasteiger partial charge in [-0.3, -0.25) is 4.79 Å². The van der Waals surface area contributed by atoms with Crippen LogP contribution in [0.4, 0.5) is 5.69 Å². The molecule has 0 bridgehead atoms. The molecular formula is C16H22N2O. The second-order valence-electron chi connectivity index (χ2n) is 5.29. The molecule has 1 aliphatic rings. The molecule has 102 valence electrons. The van der Waals surface area contributed by atoms with Gasteiger partial charge in [0.2, 0.25) is 5.91 Å². The molecule has 1 aromatic rings. The zero-order valence-corrected chi connectivity index (χ0v) is 11.4. The zero-order valence-electron chi connectivity index (χ0n) is 11.4. The van der Waals surface area contributed by atoms with Crippen molar-refractivity contribution in [1.29, 1.82) is 0 Å². The number of nitrogen functional groups attached to an aromatic ring is 1. The summed E-state index contributed by atoms with van der Waals surface area (Å²) in [5.41, 5.74) is 7.33. The Balaban J connectivity index is 1.83. The van der Waals surface area contributed by atoms with Gasteiger partial charge in [-0.1, -0.05) is 31.9 Å². The minimum atomic E-state index is -0.00988. The number of carbonyl (C=O) groups is 1. The highest BCUT2D eigenvalue weighted by Gasteiger charge is 2.25. The Bertz CT molecular complexity index is 446. The van der Waals surface area contributed by atoms with Gasteiger partial charge < -0.3 is 11.1 Å². The first kappa shape index (κ1) is 13.7. The van der Waals surface area contributed by atoms with E-state index in [0.717, 1.165) is 30.0 Å². The number of benzene rings is 1. The quantitative estimate of drug-likeness (QED) is 0.609. The number of amides is 1. The third-order valence-corrected chi connectivity index (χ3v) is 3.52. The highest BCUT2D eigenvalue weighted by molar-refractivity contribution is 5.91. The van der Waals surface area contributed by atoms with Crippen LogP contribution in [0.2, 0.25) is 0 Å². The molecule has 1 aromatic carbocycles. The van der Waals surface area contributed by atoms with Crippen LogP contribution in [0.3, 0.4) is 0 Å². The molecule has 0 spiro atoms. The van der Waals surface area contributed by atoms with Crippen molar-refractivity contribution >= 4 is 17.7 Å². The first-order valence-corrected chi connectivity index (χ1v) is 7.01. The van der Waals surface area contributed by atoms with E-state index in [4.69, 9.17) is 5.73 Å². The molecule has 1 atom stereocenters. The average molecular weight is 258 g/mol. The van der Waals surface area contributed by atoms with Gasteiger partial charge in [0.1, 0.15) is 0 Å². The topological polar surface area (TPSA) is 55.1 Å². The molecule has 0 radical (unpaired) electrons. The predicted molar refractivity (Wildman–Crippen MR) is 79.5 cm³/mol. The maximum atomic E-state index is 11.8. The van der Waals surface area contributed by atoms with E-state index in [-0.39, 0.29) is 5.91 Å². The molecule has 1 aliphatic carbocycles. The number of hydrogen-bond acceptors (Lipinski definition) is 2. The normalized spacial score (nSPS) is 16.5. The van der Waals surface area contributed by atoms with Gasteiger partial charge in [0.25, 0.3) is 0 Å². The second kappa shape index (κ2) is 6.41. The number of hydrogen-bond donors (Lipinski definition) is 2. The molecule has 1 unspecified atom stereocenters. The molecule has 3 heteroatoms. The van der Waals surface area contributed by atoms with E-state index < -0.39 is 0 Å². The van der Waals surface area contributed by atoms with Crippen LogP contribution in [-0.2, 0) is 4.79 Å². The molecule has 2 rings (SSSR count). The Morgan fingerprint density at radius 2 is 2.11 bits per heavy atom. The summed E-state index contributed by atoms with van der Waals surface area (Å²) in [5.74, 6) is 0.829. The van der Waals surface area contributed by atoms with Crippen molar-refractivity contribution in [1.82, 2.24) is 5.32 Å². The molecule has 1 fully saturated rings. The van der Waals surface area contributed by atoms with E-state index >= 15 is 0 Å². The van der Waals surface area contributed by atoms with Crippen molar-refractivity contribution in [3.8, 4) is 0 Å². The molecule has 3 N–H and O–H groups in total. The maximum Gasteiger partial charge on any atom is 0.244 e. The molecule has 1 saturated carbocycles. The number of nitrogens with two attached hydrogens (primary N) is 1. The summed E-state index contributed by atoms with van der Waals surface area (Å²) < 4.78 is 0. The van der Waals surface area contributed by atoms with Gasteiger partial charge in [-0.15, -0.1) is 0 Å². The highest BCUT2D eigenvalue weighted by Crippen LogP contribution is 2.33. The SMILES string of the molecule is CCC(CC1CC1)NC(=O)/C=C/c1ccc(N)cc1. The van der Waals surface area contributed by atoms with Crippen LogP contribution in [0.5, 0.6) is 0 Å². The smallest absolute Gasteiger partial charge is 0.244 e. The van der Waals surface area contributed by atoms with Crippen molar-refractivity contribution in [2.24, 2.45) is 5.92 Å². The van der Waals surface area contributed by atoms with Crippen molar-refractivity contribution in [2.45, 2.75) is 38.6 Å². The average Bonchev–Trinajstić information content (AvgIpc) is 3.21. The van der Waals surface area contributed by atoms with E-state index in [1.807, 2.05) is 30.3 Å². The minimum Gasteiger partial charge on any atom is -0.399 e. The minimum absolute atomic E-state index is 0.00988. The summed E-state index contributed by atoms with van der Waals surface area (Å²) in [6.45, 7) is 2.12. The second-order valence-corrected chi connectivity index (χ2v) is 5.29. The van der Waals surface area contributed by atoms with Crippen LogP contribution in [0.1, 0.15) is 38.2 Å². The van der Waals surface area contributed by atoms with Crippen LogP contribution in [-0.4, -0.2) is 11.9 Å². The Morgan fingerprint density at radius 3 is 2.68 bits per heavy atom. The van der Waals surface area contributed by atoms with Gasteiger partial charge in [0.05, 0.1) is 0 Å². The fraction of sp³-hybridized carbons (Fsp3) is 0.438. The van der Waals surface area contributed by atoms with Crippen LogP contribution in [0.15, 0.2) is 30.3 Å². The van der Waals surface area contributed by atoms with E-state index in [1.165, 1.54) is 12.8 Å². The first-order chi connectivity index (χ1) is 9.17. The van der Waals surface area contributed by atoms with E-state index in [0.29, 0.717) is 6.04 Å². The molecule has 1 amide bonds. The van der Waals surface area contributed by atoms with Crippen LogP contribution < -0.4 is 11.1 Å². The van der Waals surface area contributed by atoms with Gasteiger partial charge >= 0.3 is 0 Å². The van der Waals surface area contributed by atoms with Gasteiger partial charge in [-0.25, -0.2) is 0 Å². The van der Waals surface area contributed by atoms with E-state index in [9.17, 15) is 4.79 Å². The molecule has 0 aliphatic heterocycles. The number of nitrogens with one attached hydrogen (secondary N) is 1. The largest absolute Gasteiger partial charge is 0.399 e. The zero-order chi connectivity index (χ0) is 13.7. The number of anilines is 1. The number of rotatable bonds is 6. The van der Waals surface area contributed by atoms with Gasteiger partial charge in [0.15, 0.2) is 0 Å². The Morgan fingerprint density at radius 1 is 1.42 bits per heavy atom. The lowest BCUT2D eigenvalue weighted by atomic mass is 10.1. The monoisotopic (exact) mass is 258 g/mol. The van der Waals surface area contributed by atoms with Crippen molar-refractivity contribution in [2.75, 3.05) is 5.73 Å². The lowest BCUT2D eigenvalue weighted by Gasteiger charge is -2.15. The summed E-state index contributed by atoms with van der Waals surface area (Å²) in [6.07, 6.45) is 8.19. The summed E-state index contributed by atoms with van der Waals surface area (Å²) in [4.78, 5) is 11.8. The lowest BCUT2D eigenvalue weighted by molar-refractivity contribution is -0.117. The van der Waals surface area contributed by atoms with Crippen LogP contribution in [0.25, 0.3) is 6.08 Å². The Hall–Kier alpha value is -1.77. The van der Waals surface area contributed by atoms with E-state index in [2.05, 4.69) is 12.2 Å². The summed E-state index contributed by atoms with van der Waals surface area (Å²) in [7, 11) is 0. The molecular weight excluding hydrogens is 236 g/mol. The van der Waals surface area contributed by atoms with Gasteiger partial charge in [0, 0.05) is 17.8 Å². The fourth-order valence-electron chi connectivity index (χ4n) is 2.11. The standard InChI is InChI=1S/C16H22N2O/c1-2-15(11-13-3-4-13)18-16(19)10-7-12-5-8-14(17)9-6-12/h5-10,13,15H,2-4,11,17H2,1H3,(H,18,19)/b10-7+. The first-order valence-electron chi connectivity index (χ1n) is 7.01. The van der Waals surface area contributed by atoms with Gasteiger partial charge in [-0.2, -0.15) is 0 Å². The highest BCUT2D eigenvalue weighted by atomic mass is 16.1. The van der Waals surface area contributed by atoms with Crippen molar-refractivity contribution in [3.63, 3.8) is 0 Å². The summed E-state index contributed by atoms with van der Waals surface area (Å²) >= 11 is 0. The van der Waals surface area contributed by atoms with Crippen molar-refractivity contribution in [3.05, 3.63) is 35.9 Å². The van der Waals surface area contributed by atoms with E-state index in [1.54, 1.807) is 6.08 Å². The Labute approximate surface area is 114 Å². The Kier molecular flexibility index (Phi) is 4.61. The van der Waals surface area contributed by atoms with Gasteiger partial charge in [-0.05, 0) is 42.5 Å². The third-order valence-electron chi connectivity index (χ3n) is 3.52. The fourth-order valence-corrected chi connectivity index (χ4v) is 2.11. The molecule has 3 nitrogen and oxygen atoms in total. The molecule has 19 heavy (non-hydrogen) atoms. The summed E-state index contributed by atoms with van der Waals surface area (Å²) in [5, 5.41) is 3.07. The third kappa shape index (κ3) is 4.78. The van der Waals surface area contributed by atoms with Crippen LogP contribution in [0, 0.1) is 5.92 Å². The molecule has 0 aromatic heterocycles. The molecule has 0 saturated heterocycles. The lowest BCUT2D eigenvalue weighted by Crippen LogP contribution is -2.33. The summed E-state index contributed by atoms with van der Waals surface area (Å²) in [6, 6.07) is 7.79. The number of carbonyl (C=O) groups excluding carboxylic acids is 1. The predicted octanol–water partition coefficient (Wildman–Crippen LogP) is 2.98.